The lowest BCUT2D eigenvalue weighted by Gasteiger charge is -2.43. The Bertz CT molecular complexity index is 1410. The van der Waals surface area contributed by atoms with E-state index in [1.807, 2.05) is 24.4 Å². The number of aromatic hydroxyl groups is 1. The van der Waals surface area contributed by atoms with E-state index in [4.69, 9.17) is 5.73 Å². The van der Waals surface area contributed by atoms with Crippen LogP contribution in [-0.4, -0.2) is 83.1 Å². The summed E-state index contributed by atoms with van der Waals surface area (Å²) in [5.41, 5.74) is 10.5. The van der Waals surface area contributed by atoms with Crippen LogP contribution in [-0.2, 0) is 0 Å². The van der Waals surface area contributed by atoms with Crippen molar-refractivity contribution in [2.75, 3.05) is 61.3 Å². The van der Waals surface area contributed by atoms with Crippen molar-refractivity contribution in [3.8, 4) is 28.8 Å². The summed E-state index contributed by atoms with van der Waals surface area (Å²) in [4.78, 5) is 11.9. The molecule has 0 aliphatic carbocycles. The van der Waals surface area contributed by atoms with Gasteiger partial charge >= 0.3 is 0 Å². The number of hydrogen-bond acceptors (Lipinski definition) is 9. The van der Waals surface area contributed by atoms with Gasteiger partial charge in [-0.05, 0) is 74.0 Å². The molecule has 0 amide bonds. The van der Waals surface area contributed by atoms with Gasteiger partial charge in [0, 0.05) is 55.7 Å². The molecule has 4 unspecified atom stereocenters. The second-order valence-corrected chi connectivity index (χ2v) is 11.3. The lowest BCUT2D eigenvalue weighted by atomic mass is 10.0. The molecule has 2 aromatic heterocycles. The fourth-order valence-electron chi connectivity index (χ4n) is 6.96. The van der Waals surface area contributed by atoms with E-state index in [2.05, 4.69) is 59.2 Å². The van der Waals surface area contributed by atoms with Crippen molar-refractivity contribution in [3.05, 3.63) is 54.4 Å². The van der Waals surface area contributed by atoms with Gasteiger partial charge in [-0.25, -0.2) is 4.98 Å². The number of nitrogens with one attached hydrogen (secondary N) is 1. The molecule has 4 aliphatic heterocycles. The maximum atomic E-state index is 10.3. The first kappa shape index (κ1) is 24.2. The van der Waals surface area contributed by atoms with Crippen molar-refractivity contribution in [2.24, 2.45) is 11.8 Å². The van der Waals surface area contributed by atoms with Gasteiger partial charge < -0.3 is 26.0 Å². The van der Waals surface area contributed by atoms with Gasteiger partial charge in [0.2, 0.25) is 0 Å². The molecule has 6 heterocycles. The quantitative estimate of drug-likeness (QED) is 0.445. The van der Waals surface area contributed by atoms with Crippen molar-refractivity contribution < 1.29 is 5.11 Å². The average Bonchev–Trinajstić information content (AvgIpc) is 3.61. The molecule has 9 nitrogen and oxygen atoms in total. The van der Waals surface area contributed by atoms with E-state index in [1.54, 1.807) is 12.1 Å². The van der Waals surface area contributed by atoms with E-state index in [-0.39, 0.29) is 5.75 Å². The number of piperazine rings is 1. The Morgan fingerprint density at radius 3 is 2.51 bits per heavy atom. The number of para-hydroxylation sites is 1. The molecule has 39 heavy (non-hydrogen) atoms. The van der Waals surface area contributed by atoms with Gasteiger partial charge in [-0.2, -0.15) is 0 Å². The predicted octanol–water partition coefficient (Wildman–Crippen LogP) is 2.19. The van der Waals surface area contributed by atoms with Gasteiger partial charge in [0.15, 0.2) is 5.82 Å². The van der Waals surface area contributed by atoms with Crippen LogP contribution < -0.4 is 20.9 Å². The number of fused-ring (bicyclic) bond motifs is 3. The number of nitrogens with zero attached hydrogens (tertiary/aromatic N) is 6. The molecule has 4 atom stereocenters. The predicted molar refractivity (Wildman–Crippen MR) is 152 cm³/mol. The molecule has 0 radical (unpaired) electrons. The Morgan fingerprint density at radius 2 is 1.74 bits per heavy atom. The number of nitrogens with two attached hydrogens (primary N) is 1. The Morgan fingerprint density at radius 1 is 0.974 bits per heavy atom. The molecule has 1 aromatic carbocycles. The summed E-state index contributed by atoms with van der Waals surface area (Å²) in [6.45, 7) is 7.11. The summed E-state index contributed by atoms with van der Waals surface area (Å²) in [6.07, 6.45) is 4.14. The van der Waals surface area contributed by atoms with Crippen molar-refractivity contribution in [1.82, 2.24) is 25.4 Å². The number of hydrogen-bond donors (Lipinski definition) is 3. The van der Waals surface area contributed by atoms with Crippen LogP contribution in [0.15, 0.2) is 48.7 Å². The van der Waals surface area contributed by atoms with E-state index in [1.165, 1.54) is 5.69 Å². The van der Waals surface area contributed by atoms with E-state index < -0.39 is 0 Å². The normalized spacial score (nSPS) is 25.9. The maximum Gasteiger partial charge on any atom is 0.169 e. The maximum absolute atomic E-state index is 10.3. The van der Waals surface area contributed by atoms with Crippen LogP contribution in [0.3, 0.4) is 0 Å². The Kier molecular flexibility index (Phi) is 6.22. The van der Waals surface area contributed by atoms with E-state index in [0.29, 0.717) is 29.2 Å². The number of pyridine rings is 1. The van der Waals surface area contributed by atoms with E-state index >= 15 is 0 Å². The summed E-state index contributed by atoms with van der Waals surface area (Å²) in [5, 5.41) is 22.3. The average molecular weight is 523 g/mol. The number of anilines is 3. The van der Waals surface area contributed by atoms with Crippen LogP contribution in [0.4, 0.5) is 17.2 Å². The monoisotopic (exact) mass is 522 g/mol. The van der Waals surface area contributed by atoms with Gasteiger partial charge in [-0.15, -0.1) is 10.2 Å². The molecule has 0 saturated carbocycles. The van der Waals surface area contributed by atoms with Crippen LogP contribution in [0, 0.1) is 23.7 Å². The number of nitrogen functional groups attached to an aromatic ring is 1. The fourth-order valence-corrected chi connectivity index (χ4v) is 6.96. The van der Waals surface area contributed by atoms with Crippen LogP contribution in [0.1, 0.15) is 18.5 Å². The van der Waals surface area contributed by atoms with Crippen molar-refractivity contribution >= 4 is 17.2 Å². The molecule has 3 aromatic rings. The number of phenolic OH excluding ortho intramolecular Hbond substituents is 1. The van der Waals surface area contributed by atoms with E-state index in [9.17, 15) is 5.11 Å². The van der Waals surface area contributed by atoms with Gasteiger partial charge in [-0.1, -0.05) is 18.1 Å². The van der Waals surface area contributed by atoms with Gasteiger partial charge in [0.25, 0.3) is 0 Å². The third-order valence-electron chi connectivity index (χ3n) is 8.83. The van der Waals surface area contributed by atoms with Crippen LogP contribution in [0.25, 0.3) is 11.3 Å². The molecular weight excluding hydrogens is 488 g/mol. The number of rotatable bonds is 4. The van der Waals surface area contributed by atoms with Crippen molar-refractivity contribution in [3.63, 3.8) is 0 Å². The van der Waals surface area contributed by atoms with E-state index in [0.717, 1.165) is 81.9 Å². The summed E-state index contributed by atoms with van der Waals surface area (Å²) in [6, 6.07) is 14.1. The molecule has 7 rings (SSSR count). The van der Waals surface area contributed by atoms with Crippen molar-refractivity contribution in [1.29, 1.82) is 0 Å². The van der Waals surface area contributed by atoms with Crippen LogP contribution in [0.2, 0.25) is 0 Å². The number of benzene rings is 1. The minimum Gasteiger partial charge on any atom is -0.507 e. The second kappa shape index (κ2) is 10.0. The molecular formula is C30H34N8O. The lowest BCUT2D eigenvalue weighted by Crippen LogP contribution is -2.54. The molecule has 4 aliphatic rings. The number of aromatic nitrogens is 3. The molecule has 2 bridgehead atoms. The minimum absolute atomic E-state index is 0.185. The fraction of sp³-hybridized carbons (Fsp3) is 0.433. The smallest absolute Gasteiger partial charge is 0.169 e. The van der Waals surface area contributed by atoms with Gasteiger partial charge in [0.05, 0.1) is 17.9 Å². The Labute approximate surface area is 229 Å². The lowest BCUT2D eigenvalue weighted by molar-refractivity contribution is 0.351. The highest BCUT2D eigenvalue weighted by molar-refractivity contribution is 5.74. The summed E-state index contributed by atoms with van der Waals surface area (Å²) in [5.74, 6) is 8.89. The summed E-state index contributed by atoms with van der Waals surface area (Å²) in [7, 11) is 0. The molecule has 200 valence electrons. The summed E-state index contributed by atoms with van der Waals surface area (Å²) >= 11 is 0. The standard InChI is InChI=1S/C30H34N8O/c31-30-28(13-27(34-35-30)26-5-1-2-6-29(26)39)37-18-24-7-8-25(19-37)38(24)23-9-10-33-22(12-23)4-3-11-36-16-20-14-32-15-21(20)17-36/h1-2,5-6,9-10,12-13,20-21,24-25,32,39H,7-8,11,14-19H2,(H2,31,35). The van der Waals surface area contributed by atoms with Crippen LogP contribution in [0.5, 0.6) is 5.75 Å². The third-order valence-corrected chi connectivity index (χ3v) is 8.83. The SMILES string of the molecule is Nc1nnc(-c2ccccc2O)cc1N1CC2CCC(C1)N2c1ccnc(C#CCN2CC3CNCC3C2)c1. The van der Waals surface area contributed by atoms with Crippen molar-refractivity contribution in [2.45, 2.75) is 24.9 Å². The molecule has 0 spiro atoms. The zero-order valence-corrected chi connectivity index (χ0v) is 22.0. The highest BCUT2D eigenvalue weighted by Crippen LogP contribution is 2.39. The molecule has 9 heteroatoms. The second-order valence-electron chi connectivity index (χ2n) is 11.3. The first-order chi connectivity index (χ1) is 19.1. The minimum atomic E-state index is 0.185. The summed E-state index contributed by atoms with van der Waals surface area (Å²) < 4.78 is 0. The highest BCUT2D eigenvalue weighted by Gasteiger charge is 2.41. The molecule has 4 fully saturated rings. The Hall–Kier alpha value is -3.87. The molecule has 4 saturated heterocycles. The Balaban J connectivity index is 1.06. The van der Waals surface area contributed by atoms with Crippen LogP contribution >= 0.6 is 0 Å². The topological polar surface area (TPSA) is 107 Å². The first-order valence-corrected chi connectivity index (χ1v) is 14.0. The highest BCUT2D eigenvalue weighted by atomic mass is 16.3. The zero-order valence-electron chi connectivity index (χ0n) is 22.0. The molecule has 4 N–H and O–H groups in total. The third kappa shape index (κ3) is 4.64. The van der Waals surface area contributed by atoms with Gasteiger partial charge in [-0.3, -0.25) is 4.90 Å². The largest absolute Gasteiger partial charge is 0.507 e. The number of phenols is 1. The zero-order chi connectivity index (χ0) is 26.3. The van der Waals surface area contributed by atoms with Gasteiger partial charge in [0.1, 0.15) is 11.4 Å². The first-order valence-electron chi connectivity index (χ1n) is 14.0. The number of likely N-dealkylation sites (tertiary alicyclic amines) is 1.